The van der Waals surface area contributed by atoms with E-state index in [1.807, 2.05) is 0 Å². The monoisotopic (exact) mass is 287 g/mol. The second-order valence-corrected chi connectivity index (χ2v) is 8.96. The van der Waals surface area contributed by atoms with Gasteiger partial charge in [-0.1, -0.05) is 13.3 Å². The van der Waals surface area contributed by atoms with Gasteiger partial charge in [-0.15, -0.1) is 0 Å². The van der Waals surface area contributed by atoms with Crippen molar-refractivity contribution in [2.75, 3.05) is 18.6 Å². The van der Waals surface area contributed by atoms with Gasteiger partial charge < -0.3 is 5.32 Å². The Morgan fingerprint density at radius 2 is 2.05 bits per heavy atom. The first kappa shape index (κ1) is 15.3. The van der Waals surface area contributed by atoms with Gasteiger partial charge in [0.1, 0.15) is 9.84 Å². The van der Waals surface area contributed by atoms with Crippen LogP contribution < -0.4 is 5.32 Å². The quantitative estimate of drug-likeness (QED) is 0.746. The highest BCUT2D eigenvalue weighted by molar-refractivity contribution is 7.90. The molecule has 3 nitrogen and oxygen atoms in total. The van der Waals surface area contributed by atoms with Gasteiger partial charge in [-0.05, 0) is 62.8 Å². The first-order valence-corrected chi connectivity index (χ1v) is 9.95. The highest BCUT2D eigenvalue weighted by Gasteiger charge is 2.39. The average Bonchev–Trinajstić information content (AvgIpc) is 2.89. The lowest BCUT2D eigenvalue weighted by molar-refractivity contribution is 0.272. The molecule has 2 fully saturated rings. The first-order valence-electron chi connectivity index (χ1n) is 7.89. The van der Waals surface area contributed by atoms with E-state index in [1.165, 1.54) is 38.4 Å². The van der Waals surface area contributed by atoms with E-state index in [1.54, 1.807) is 0 Å². The summed E-state index contributed by atoms with van der Waals surface area (Å²) >= 11 is 0. The van der Waals surface area contributed by atoms with Crippen molar-refractivity contribution in [2.24, 2.45) is 17.8 Å². The van der Waals surface area contributed by atoms with Crippen LogP contribution in [0.2, 0.25) is 0 Å². The maximum Gasteiger partial charge on any atom is 0.147 e. The van der Waals surface area contributed by atoms with E-state index in [-0.39, 0.29) is 0 Å². The van der Waals surface area contributed by atoms with Gasteiger partial charge in [-0.3, -0.25) is 0 Å². The minimum absolute atomic E-state index is 0.339. The van der Waals surface area contributed by atoms with Gasteiger partial charge in [-0.25, -0.2) is 8.42 Å². The van der Waals surface area contributed by atoms with Gasteiger partial charge in [0.2, 0.25) is 0 Å². The number of hydrogen-bond acceptors (Lipinski definition) is 3. The van der Waals surface area contributed by atoms with Crippen molar-refractivity contribution in [2.45, 2.75) is 57.9 Å². The van der Waals surface area contributed by atoms with Crippen molar-refractivity contribution in [3.8, 4) is 0 Å². The summed E-state index contributed by atoms with van der Waals surface area (Å²) in [6, 6.07) is 0.524. The van der Waals surface area contributed by atoms with E-state index >= 15 is 0 Å². The van der Waals surface area contributed by atoms with Gasteiger partial charge >= 0.3 is 0 Å². The van der Waals surface area contributed by atoms with Crippen molar-refractivity contribution >= 4 is 9.84 Å². The number of fused-ring (bicyclic) bond motifs is 2. The summed E-state index contributed by atoms with van der Waals surface area (Å²) in [7, 11) is -2.80. The summed E-state index contributed by atoms with van der Waals surface area (Å²) < 4.78 is 22.4. The second kappa shape index (κ2) is 6.57. The third-order valence-electron chi connectivity index (χ3n) is 5.03. The Morgan fingerprint density at radius 1 is 1.26 bits per heavy atom. The Hall–Kier alpha value is -0.0900. The minimum atomic E-state index is -2.80. The SMILES string of the molecule is CCNC(CCCS(C)(=O)=O)CC1CC2CCC1C2. The van der Waals surface area contributed by atoms with Crippen molar-refractivity contribution in [3.05, 3.63) is 0 Å². The molecule has 2 rings (SSSR count). The molecule has 2 aliphatic carbocycles. The zero-order chi connectivity index (χ0) is 13.9. The molecule has 19 heavy (non-hydrogen) atoms. The molecule has 2 bridgehead atoms. The predicted octanol–water partition coefficient (Wildman–Crippen LogP) is 2.62. The highest BCUT2D eigenvalue weighted by atomic mass is 32.2. The summed E-state index contributed by atoms with van der Waals surface area (Å²) in [6.45, 7) is 3.13. The maximum absolute atomic E-state index is 11.2. The smallest absolute Gasteiger partial charge is 0.147 e. The van der Waals surface area contributed by atoms with Crippen molar-refractivity contribution in [3.63, 3.8) is 0 Å². The summed E-state index contributed by atoms with van der Waals surface area (Å²) in [5.41, 5.74) is 0. The Morgan fingerprint density at radius 3 is 2.58 bits per heavy atom. The molecule has 4 heteroatoms. The summed E-state index contributed by atoms with van der Waals surface area (Å²) in [5, 5.41) is 3.56. The fourth-order valence-electron chi connectivity index (χ4n) is 4.21. The van der Waals surface area contributed by atoms with Gasteiger partial charge in [0.25, 0.3) is 0 Å². The van der Waals surface area contributed by atoms with E-state index in [9.17, 15) is 8.42 Å². The molecule has 1 N–H and O–H groups in total. The maximum atomic E-state index is 11.2. The molecule has 0 aliphatic heterocycles. The molecule has 0 aromatic heterocycles. The third-order valence-corrected chi connectivity index (χ3v) is 6.06. The topological polar surface area (TPSA) is 46.2 Å². The summed E-state index contributed by atoms with van der Waals surface area (Å²) in [6.07, 6.45) is 10.2. The van der Waals surface area contributed by atoms with Crippen LogP contribution in [-0.4, -0.2) is 33.0 Å². The number of nitrogens with one attached hydrogen (secondary N) is 1. The zero-order valence-corrected chi connectivity index (χ0v) is 13.2. The fraction of sp³-hybridized carbons (Fsp3) is 1.00. The molecule has 2 aliphatic rings. The zero-order valence-electron chi connectivity index (χ0n) is 12.4. The number of sulfone groups is 1. The van der Waals surface area contributed by atoms with Gasteiger partial charge in [0, 0.05) is 18.1 Å². The van der Waals surface area contributed by atoms with Crippen LogP contribution in [0, 0.1) is 17.8 Å². The lowest BCUT2D eigenvalue weighted by Gasteiger charge is -2.27. The van der Waals surface area contributed by atoms with E-state index in [2.05, 4.69) is 12.2 Å². The Kier molecular flexibility index (Phi) is 5.29. The van der Waals surface area contributed by atoms with Crippen LogP contribution in [-0.2, 0) is 9.84 Å². The second-order valence-electron chi connectivity index (χ2n) is 6.70. The van der Waals surface area contributed by atoms with E-state index in [4.69, 9.17) is 0 Å². The van der Waals surface area contributed by atoms with E-state index < -0.39 is 9.84 Å². The molecule has 0 aromatic rings. The van der Waals surface area contributed by atoms with E-state index in [0.717, 1.165) is 37.1 Å². The Balaban J connectivity index is 1.76. The van der Waals surface area contributed by atoms with Gasteiger partial charge in [-0.2, -0.15) is 0 Å². The van der Waals surface area contributed by atoms with Crippen LogP contribution in [0.25, 0.3) is 0 Å². The predicted molar refractivity (Wildman–Crippen MR) is 80.0 cm³/mol. The van der Waals surface area contributed by atoms with Crippen LogP contribution in [0.5, 0.6) is 0 Å². The van der Waals surface area contributed by atoms with Crippen molar-refractivity contribution in [1.29, 1.82) is 0 Å². The lowest BCUT2D eigenvalue weighted by atomic mass is 9.83. The highest BCUT2D eigenvalue weighted by Crippen LogP contribution is 2.50. The Bertz CT molecular complexity index is 380. The molecule has 0 spiro atoms. The normalized spacial score (nSPS) is 31.8. The van der Waals surface area contributed by atoms with Crippen molar-refractivity contribution in [1.82, 2.24) is 5.32 Å². The van der Waals surface area contributed by atoms with E-state index in [0.29, 0.717) is 11.8 Å². The summed E-state index contributed by atoms with van der Waals surface area (Å²) in [5.74, 6) is 3.22. The molecule has 0 aromatic carbocycles. The molecule has 0 heterocycles. The molecular formula is C15H29NO2S. The fourth-order valence-corrected chi connectivity index (χ4v) is 4.91. The van der Waals surface area contributed by atoms with Crippen LogP contribution in [0.3, 0.4) is 0 Å². The van der Waals surface area contributed by atoms with Gasteiger partial charge in [0.15, 0.2) is 0 Å². The molecule has 112 valence electrons. The van der Waals surface area contributed by atoms with Crippen LogP contribution >= 0.6 is 0 Å². The van der Waals surface area contributed by atoms with Crippen LogP contribution in [0.1, 0.15) is 51.9 Å². The minimum Gasteiger partial charge on any atom is -0.314 e. The molecule has 4 unspecified atom stereocenters. The van der Waals surface area contributed by atoms with Gasteiger partial charge in [0.05, 0.1) is 0 Å². The summed E-state index contributed by atoms with van der Waals surface area (Å²) in [4.78, 5) is 0. The first-order chi connectivity index (χ1) is 8.98. The lowest BCUT2D eigenvalue weighted by Crippen LogP contribution is -2.32. The largest absolute Gasteiger partial charge is 0.314 e. The molecular weight excluding hydrogens is 258 g/mol. The Labute approximate surface area is 118 Å². The van der Waals surface area contributed by atoms with Crippen LogP contribution in [0.4, 0.5) is 0 Å². The number of hydrogen-bond donors (Lipinski definition) is 1. The number of rotatable bonds is 8. The standard InChI is InChI=1S/C15H29NO2S/c1-3-16-15(5-4-8-19(2,17)18)11-14-10-12-6-7-13(14)9-12/h12-16H,3-11H2,1-2H3. The third kappa shape index (κ3) is 4.75. The van der Waals surface area contributed by atoms with Crippen molar-refractivity contribution < 1.29 is 8.42 Å². The molecule has 2 saturated carbocycles. The molecule has 4 atom stereocenters. The molecule has 0 radical (unpaired) electrons. The van der Waals surface area contributed by atoms with Crippen LogP contribution in [0.15, 0.2) is 0 Å². The molecule has 0 amide bonds. The molecule has 0 saturated heterocycles. The average molecular weight is 287 g/mol.